The van der Waals surface area contributed by atoms with Gasteiger partial charge in [0.2, 0.25) is 0 Å². The summed E-state index contributed by atoms with van der Waals surface area (Å²) < 4.78 is 31.9. The molecule has 0 amide bonds. The molecule has 0 unspecified atom stereocenters. The second-order valence-corrected chi connectivity index (χ2v) is 7.49. The molecule has 0 spiro atoms. The molecule has 0 atom stereocenters. The van der Waals surface area contributed by atoms with Crippen LogP contribution in [0.15, 0.2) is 47.5 Å². The molecule has 1 saturated carbocycles. The standard InChI is InChI=1S/C22H20F2N4O/c23-18-20(25)17-16(29)8-10-28(13-5-6-13)22(17)19(24)21(18)26-9-7-12-11-27-15-4-2-1-3-14(12)15/h1-4,8,10-11,13,26-27H,5-7,9,25H2. The molecule has 29 heavy (non-hydrogen) atoms. The normalized spacial score (nSPS) is 14.0. The summed E-state index contributed by atoms with van der Waals surface area (Å²) in [5.41, 5.74) is 7.00. The molecular formula is C22H20F2N4O. The van der Waals surface area contributed by atoms with E-state index in [2.05, 4.69) is 10.3 Å². The molecule has 5 nitrogen and oxygen atoms in total. The van der Waals surface area contributed by atoms with E-state index in [1.165, 1.54) is 6.07 Å². The van der Waals surface area contributed by atoms with Crippen LogP contribution in [0.3, 0.4) is 0 Å². The van der Waals surface area contributed by atoms with Crippen molar-refractivity contribution in [1.29, 1.82) is 0 Å². The number of hydrogen-bond donors (Lipinski definition) is 3. The van der Waals surface area contributed by atoms with E-state index in [-0.39, 0.29) is 28.3 Å². The van der Waals surface area contributed by atoms with Crippen molar-refractivity contribution < 1.29 is 8.78 Å². The zero-order chi connectivity index (χ0) is 20.1. The third kappa shape index (κ3) is 2.85. The third-order valence-corrected chi connectivity index (χ3v) is 5.59. The van der Waals surface area contributed by atoms with Crippen molar-refractivity contribution >= 4 is 33.2 Å². The molecule has 0 radical (unpaired) electrons. The second kappa shape index (κ2) is 6.62. The van der Waals surface area contributed by atoms with Gasteiger partial charge in [-0.25, -0.2) is 8.78 Å². The van der Waals surface area contributed by atoms with Crippen molar-refractivity contribution in [1.82, 2.24) is 9.55 Å². The molecule has 4 aromatic rings. The summed E-state index contributed by atoms with van der Waals surface area (Å²) in [5, 5.41) is 3.86. The first-order chi connectivity index (χ1) is 14.1. The number of anilines is 2. The van der Waals surface area contributed by atoms with Gasteiger partial charge in [-0.3, -0.25) is 4.79 Å². The summed E-state index contributed by atoms with van der Waals surface area (Å²) in [7, 11) is 0. The summed E-state index contributed by atoms with van der Waals surface area (Å²) in [6.45, 7) is 0.321. The molecule has 1 fully saturated rings. The molecule has 148 valence electrons. The number of nitrogen functional groups attached to an aromatic ring is 1. The van der Waals surface area contributed by atoms with Gasteiger partial charge in [0.05, 0.1) is 16.6 Å². The third-order valence-electron chi connectivity index (χ3n) is 5.59. The maximum atomic E-state index is 15.3. The number of pyridine rings is 1. The highest BCUT2D eigenvalue weighted by molar-refractivity contribution is 5.95. The molecule has 2 aromatic heterocycles. The van der Waals surface area contributed by atoms with Crippen LogP contribution in [-0.4, -0.2) is 16.1 Å². The lowest BCUT2D eigenvalue weighted by Gasteiger charge is -2.17. The molecule has 0 aliphatic heterocycles. The highest BCUT2D eigenvalue weighted by Gasteiger charge is 2.29. The highest BCUT2D eigenvalue weighted by atomic mass is 19.1. The van der Waals surface area contributed by atoms with Gasteiger partial charge < -0.3 is 20.6 Å². The lowest BCUT2D eigenvalue weighted by Crippen LogP contribution is -2.16. The fraction of sp³-hybridized carbons (Fsp3) is 0.227. The van der Waals surface area contributed by atoms with Gasteiger partial charge in [0, 0.05) is 41.9 Å². The lowest BCUT2D eigenvalue weighted by molar-refractivity contribution is 0.590. The SMILES string of the molecule is Nc1c(F)c(NCCc2c[nH]c3ccccc23)c(F)c2c1c(=O)ccn2C1CC1. The zero-order valence-corrected chi connectivity index (χ0v) is 15.6. The van der Waals surface area contributed by atoms with Gasteiger partial charge in [0.25, 0.3) is 0 Å². The van der Waals surface area contributed by atoms with E-state index in [1.54, 1.807) is 10.8 Å². The quantitative estimate of drug-likeness (QED) is 0.441. The van der Waals surface area contributed by atoms with E-state index >= 15 is 4.39 Å². The van der Waals surface area contributed by atoms with E-state index < -0.39 is 17.1 Å². The van der Waals surface area contributed by atoms with Crippen molar-refractivity contribution in [3.63, 3.8) is 0 Å². The summed E-state index contributed by atoms with van der Waals surface area (Å²) in [4.78, 5) is 15.4. The molecule has 0 saturated heterocycles. The number of nitrogens with zero attached hydrogens (tertiary/aromatic N) is 1. The van der Waals surface area contributed by atoms with Crippen LogP contribution in [0.25, 0.3) is 21.8 Å². The van der Waals surface area contributed by atoms with Crippen molar-refractivity contribution in [2.45, 2.75) is 25.3 Å². The van der Waals surface area contributed by atoms with Crippen LogP contribution in [-0.2, 0) is 6.42 Å². The molecule has 2 aromatic carbocycles. The smallest absolute Gasteiger partial charge is 0.191 e. The summed E-state index contributed by atoms with van der Waals surface area (Å²) in [6.07, 6.45) is 5.85. The highest BCUT2D eigenvalue weighted by Crippen LogP contribution is 2.40. The van der Waals surface area contributed by atoms with Crippen molar-refractivity contribution in [2.24, 2.45) is 0 Å². The first-order valence-corrected chi connectivity index (χ1v) is 9.66. The average Bonchev–Trinajstić information content (AvgIpc) is 3.49. The van der Waals surface area contributed by atoms with Gasteiger partial charge in [0.15, 0.2) is 17.1 Å². The van der Waals surface area contributed by atoms with E-state index in [4.69, 9.17) is 5.73 Å². The summed E-state index contributed by atoms with van der Waals surface area (Å²) in [5.74, 6) is -1.69. The Labute approximate surface area is 165 Å². The Morgan fingerprint density at radius 1 is 1.17 bits per heavy atom. The molecular weight excluding hydrogens is 374 g/mol. The van der Waals surface area contributed by atoms with Gasteiger partial charge in [-0.2, -0.15) is 0 Å². The molecule has 1 aliphatic carbocycles. The molecule has 1 aliphatic rings. The minimum absolute atomic E-state index is 0.0773. The Hall–Kier alpha value is -3.35. The Kier molecular flexibility index (Phi) is 4.04. The Morgan fingerprint density at radius 3 is 2.76 bits per heavy atom. The molecule has 4 N–H and O–H groups in total. The predicted molar refractivity (Wildman–Crippen MR) is 111 cm³/mol. The number of benzene rings is 2. The van der Waals surface area contributed by atoms with Crippen LogP contribution in [0.4, 0.5) is 20.2 Å². The number of rotatable bonds is 5. The van der Waals surface area contributed by atoms with Crippen LogP contribution >= 0.6 is 0 Å². The molecule has 2 heterocycles. The van der Waals surface area contributed by atoms with E-state index in [0.717, 1.165) is 29.3 Å². The average molecular weight is 394 g/mol. The molecule has 5 rings (SSSR count). The zero-order valence-electron chi connectivity index (χ0n) is 15.6. The number of para-hydroxylation sites is 1. The Balaban J connectivity index is 1.51. The maximum absolute atomic E-state index is 15.3. The fourth-order valence-corrected chi connectivity index (χ4v) is 3.97. The first kappa shape index (κ1) is 17.7. The minimum Gasteiger partial charge on any atom is -0.396 e. The maximum Gasteiger partial charge on any atom is 0.191 e. The van der Waals surface area contributed by atoms with Crippen molar-refractivity contribution in [3.8, 4) is 0 Å². The van der Waals surface area contributed by atoms with Gasteiger partial charge in [-0.1, -0.05) is 18.2 Å². The molecule has 7 heteroatoms. The van der Waals surface area contributed by atoms with Crippen molar-refractivity contribution in [3.05, 3.63) is 70.1 Å². The monoisotopic (exact) mass is 394 g/mol. The number of aromatic amines is 1. The molecule has 0 bridgehead atoms. The van der Waals surface area contributed by atoms with E-state index in [1.807, 2.05) is 30.5 Å². The van der Waals surface area contributed by atoms with Crippen LogP contribution in [0, 0.1) is 11.6 Å². The number of halogens is 2. The van der Waals surface area contributed by atoms with Gasteiger partial charge in [-0.15, -0.1) is 0 Å². The largest absolute Gasteiger partial charge is 0.396 e. The number of aromatic nitrogens is 2. The summed E-state index contributed by atoms with van der Waals surface area (Å²) in [6, 6.07) is 9.32. The van der Waals surface area contributed by atoms with E-state index in [0.29, 0.717) is 13.0 Å². The van der Waals surface area contributed by atoms with Crippen LogP contribution in [0.2, 0.25) is 0 Å². The number of hydrogen-bond acceptors (Lipinski definition) is 3. The fourth-order valence-electron chi connectivity index (χ4n) is 3.97. The topological polar surface area (TPSA) is 75.8 Å². The van der Waals surface area contributed by atoms with Crippen molar-refractivity contribution in [2.75, 3.05) is 17.6 Å². The Morgan fingerprint density at radius 2 is 1.97 bits per heavy atom. The lowest BCUT2D eigenvalue weighted by atomic mass is 10.1. The first-order valence-electron chi connectivity index (χ1n) is 9.66. The van der Waals surface area contributed by atoms with Crippen LogP contribution in [0.1, 0.15) is 24.4 Å². The number of nitrogens with one attached hydrogen (secondary N) is 2. The summed E-state index contributed by atoms with van der Waals surface area (Å²) >= 11 is 0. The predicted octanol–water partition coefficient (Wildman–Crippen LogP) is 4.33. The van der Waals surface area contributed by atoms with Gasteiger partial charge in [0.1, 0.15) is 5.69 Å². The minimum atomic E-state index is -0.917. The number of H-pyrrole nitrogens is 1. The van der Waals surface area contributed by atoms with Gasteiger partial charge in [-0.05, 0) is 30.9 Å². The number of nitrogens with two attached hydrogens (primary N) is 1. The van der Waals surface area contributed by atoms with E-state index in [9.17, 15) is 9.18 Å². The Bertz CT molecular complexity index is 1300. The van der Waals surface area contributed by atoms with Crippen LogP contribution < -0.4 is 16.5 Å². The van der Waals surface area contributed by atoms with Gasteiger partial charge >= 0.3 is 0 Å². The van der Waals surface area contributed by atoms with Crippen LogP contribution in [0.5, 0.6) is 0 Å². The second-order valence-electron chi connectivity index (χ2n) is 7.49. The number of fused-ring (bicyclic) bond motifs is 2.